The topological polar surface area (TPSA) is 3.01 Å². The van der Waals surface area contributed by atoms with Crippen molar-refractivity contribution in [2.75, 3.05) is 7.05 Å². The first-order valence-electron chi connectivity index (χ1n) is 6.51. The van der Waals surface area contributed by atoms with Crippen LogP contribution < -0.4 is 0 Å². The largest absolute Gasteiger partial charge is 0.222 e. The molecule has 18 heavy (non-hydrogen) atoms. The molecule has 4 rings (SSSR count). The predicted molar refractivity (Wildman–Crippen MR) is 73.3 cm³/mol. The van der Waals surface area contributed by atoms with Crippen LogP contribution in [0.3, 0.4) is 0 Å². The molecule has 0 N–H and O–H groups in total. The highest BCUT2D eigenvalue weighted by molar-refractivity contribution is 6.03. The lowest BCUT2D eigenvalue weighted by Gasteiger charge is -2.27. The van der Waals surface area contributed by atoms with E-state index in [4.69, 9.17) is 0 Å². The van der Waals surface area contributed by atoms with Crippen LogP contribution in [-0.2, 0) is 12.0 Å². The van der Waals surface area contributed by atoms with Gasteiger partial charge in [-0.1, -0.05) is 42.5 Å². The Labute approximate surface area is 107 Å². The number of benzene rings is 2. The molecule has 2 aliphatic heterocycles. The Bertz CT molecular complexity index is 696. The van der Waals surface area contributed by atoms with Gasteiger partial charge in [0, 0.05) is 18.1 Å². The first-order valence-corrected chi connectivity index (χ1v) is 6.51. The van der Waals surface area contributed by atoms with Crippen molar-refractivity contribution in [3.05, 3.63) is 70.8 Å². The van der Waals surface area contributed by atoms with Crippen LogP contribution in [0.2, 0.25) is 0 Å². The molecule has 2 aromatic carbocycles. The second-order valence-electron chi connectivity index (χ2n) is 5.46. The molecule has 1 nitrogen and oxygen atoms in total. The fourth-order valence-corrected chi connectivity index (χ4v) is 3.66. The minimum Gasteiger partial charge on any atom is -0.222 e. The van der Waals surface area contributed by atoms with E-state index in [-0.39, 0.29) is 5.54 Å². The van der Waals surface area contributed by atoms with Gasteiger partial charge in [0.05, 0.1) is 12.0 Å². The lowest BCUT2D eigenvalue weighted by molar-refractivity contribution is -0.573. The van der Waals surface area contributed by atoms with Gasteiger partial charge in [-0.25, -0.2) is 4.58 Å². The fraction of sp³-hybridized carbons (Fsp3) is 0.235. The molecule has 2 bridgehead atoms. The molecule has 0 saturated carbocycles. The molecule has 1 atom stereocenters. The summed E-state index contributed by atoms with van der Waals surface area (Å²) in [4.78, 5) is 0. The fourth-order valence-electron chi connectivity index (χ4n) is 3.66. The molecule has 0 amide bonds. The van der Waals surface area contributed by atoms with Crippen LogP contribution >= 0.6 is 0 Å². The van der Waals surface area contributed by atoms with Gasteiger partial charge in [-0.3, -0.25) is 0 Å². The normalized spacial score (nSPS) is 23.9. The van der Waals surface area contributed by atoms with Crippen LogP contribution in [0.5, 0.6) is 0 Å². The molecule has 1 heteroatoms. The third-order valence-corrected chi connectivity index (χ3v) is 4.74. The molecule has 0 fully saturated rings. The van der Waals surface area contributed by atoms with E-state index < -0.39 is 0 Å². The smallest absolute Gasteiger partial charge is 0.211 e. The highest BCUT2D eigenvalue weighted by atomic mass is 15.1. The summed E-state index contributed by atoms with van der Waals surface area (Å²) in [7, 11) is 2.23. The number of hydrogen-bond donors (Lipinski definition) is 0. The van der Waals surface area contributed by atoms with Crippen LogP contribution in [0.4, 0.5) is 0 Å². The van der Waals surface area contributed by atoms with Gasteiger partial charge in [0.15, 0.2) is 5.71 Å². The van der Waals surface area contributed by atoms with Gasteiger partial charge in [0.2, 0.25) is 5.54 Å². The first-order chi connectivity index (χ1) is 8.73. The summed E-state index contributed by atoms with van der Waals surface area (Å²) in [5.74, 6) is 0. The number of hydrogen-bond acceptors (Lipinski definition) is 0. The first kappa shape index (κ1) is 10.1. The molecule has 0 radical (unpaired) electrons. The van der Waals surface area contributed by atoms with E-state index >= 15 is 0 Å². The summed E-state index contributed by atoms with van der Waals surface area (Å²) in [5.41, 5.74) is 7.30. The molecule has 0 saturated heterocycles. The van der Waals surface area contributed by atoms with Crippen molar-refractivity contribution >= 4 is 5.71 Å². The highest BCUT2D eigenvalue weighted by Gasteiger charge is 2.51. The third kappa shape index (κ3) is 0.966. The average molecular weight is 234 g/mol. The lowest BCUT2D eigenvalue weighted by Crippen LogP contribution is -2.38. The van der Waals surface area contributed by atoms with E-state index in [0.29, 0.717) is 0 Å². The van der Waals surface area contributed by atoms with E-state index in [1.165, 1.54) is 28.0 Å². The number of fused-ring (bicyclic) bond motifs is 6. The maximum atomic E-state index is 2.46. The molecule has 2 aliphatic rings. The zero-order valence-corrected chi connectivity index (χ0v) is 10.8. The van der Waals surface area contributed by atoms with Crippen molar-refractivity contribution in [3.8, 4) is 0 Å². The molecular formula is C17H16N+. The van der Waals surface area contributed by atoms with Crippen LogP contribution in [0.1, 0.15) is 29.2 Å². The van der Waals surface area contributed by atoms with Crippen molar-refractivity contribution in [1.29, 1.82) is 0 Å². The van der Waals surface area contributed by atoms with Crippen molar-refractivity contribution in [1.82, 2.24) is 0 Å². The molecular weight excluding hydrogens is 218 g/mol. The molecule has 0 aliphatic carbocycles. The van der Waals surface area contributed by atoms with Gasteiger partial charge in [-0.05, 0) is 11.6 Å². The van der Waals surface area contributed by atoms with Crippen molar-refractivity contribution in [3.63, 3.8) is 0 Å². The SMILES string of the molecule is C[N+]1=C2Cc3ccccc3[C@]1(C)c1ccccc12. The standard InChI is InChI=1S/C17H16N/c1-17-14-9-5-3-7-12(14)11-16(18(17)2)13-8-4-6-10-15(13)17/h3-10H,11H2,1-2H3/q+1/t17-/m1/s1. The highest BCUT2D eigenvalue weighted by Crippen LogP contribution is 2.44. The lowest BCUT2D eigenvalue weighted by atomic mass is 9.82. The van der Waals surface area contributed by atoms with Gasteiger partial charge >= 0.3 is 0 Å². The van der Waals surface area contributed by atoms with Gasteiger partial charge in [0.25, 0.3) is 0 Å². The number of nitrogens with zero attached hydrogens (tertiary/aromatic N) is 1. The predicted octanol–water partition coefficient (Wildman–Crippen LogP) is 2.95. The van der Waals surface area contributed by atoms with Gasteiger partial charge in [-0.15, -0.1) is 0 Å². The summed E-state index contributed by atoms with van der Waals surface area (Å²) < 4.78 is 2.46. The Morgan fingerprint density at radius 1 is 0.944 bits per heavy atom. The Morgan fingerprint density at radius 3 is 2.44 bits per heavy atom. The average Bonchev–Trinajstić information content (AvgIpc) is 2.56. The second-order valence-corrected chi connectivity index (χ2v) is 5.46. The van der Waals surface area contributed by atoms with Crippen LogP contribution in [0, 0.1) is 0 Å². The van der Waals surface area contributed by atoms with Gasteiger partial charge in [0.1, 0.15) is 7.05 Å². The summed E-state index contributed by atoms with van der Waals surface area (Å²) in [6.07, 6.45) is 1.05. The van der Waals surface area contributed by atoms with E-state index in [0.717, 1.165) is 6.42 Å². The number of rotatable bonds is 0. The van der Waals surface area contributed by atoms with E-state index in [2.05, 4.69) is 67.1 Å². The Morgan fingerprint density at radius 2 is 1.61 bits per heavy atom. The van der Waals surface area contributed by atoms with E-state index in [1.54, 1.807) is 0 Å². The van der Waals surface area contributed by atoms with Gasteiger partial charge in [-0.2, -0.15) is 0 Å². The second kappa shape index (κ2) is 3.11. The molecule has 2 aromatic rings. The molecule has 0 spiro atoms. The zero-order chi connectivity index (χ0) is 12.3. The summed E-state index contributed by atoms with van der Waals surface area (Å²) in [6.45, 7) is 2.34. The summed E-state index contributed by atoms with van der Waals surface area (Å²) in [6, 6.07) is 17.7. The van der Waals surface area contributed by atoms with E-state index in [9.17, 15) is 0 Å². The third-order valence-electron chi connectivity index (χ3n) is 4.74. The quantitative estimate of drug-likeness (QED) is 0.617. The summed E-state index contributed by atoms with van der Waals surface area (Å²) >= 11 is 0. The van der Waals surface area contributed by atoms with Crippen molar-refractivity contribution in [2.45, 2.75) is 18.9 Å². The molecule has 0 aromatic heterocycles. The maximum Gasteiger partial charge on any atom is 0.211 e. The molecule has 88 valence electrons. The summed E-state index contributed by atoms with van der Waals surface area (Å²) in [5, 5.41) is 0. The van der Waals surface area contributed by atoms with Crippen molar-refractivity contribution in [2.24, 2.45) is 0 Å². The minimum absolute atomic E-state index is 0.0147. The van der Waals surface area contributed by atoms with Gasteiger partial charge < -0.3 is 0 Å². The van der Waals surface area contributed by atoms with E-state index in [1.807, 2.05) is 0 Å². The Hall–Kier alpha value is -1.89. The van der Waals surface area contributed by atoms with Crippen LogP contribution in [0.15, 0.2) is 48.5 Å². The van der Waals surface area contributed by atoms with Crippen LogP contribution in [0.25, 0.3) is 0 Å². The zero-order valence-electron chi connectivity index (χ0n) is 10.8. The van der Waals surface area contributed by atoms with Crippen molar-refractivity contribution < 1.29 is 4.58 Å². The molecule has 0 unspecified atom stereocenters. The van der Waals surface area contributed by atoms with Crippen LogP contribution in [-0.4, -0.2) is 17.3 Å². The monoisotopic (exact) mass is 234 g/mol. The molecule has 2 heterocycles. The maximum absolute atomic E-state index is 2.46. The Kier molecular flexibility index (Phi) is 1.74. The minimum atomic E-state index is 0.0147. The Balaban J connectivity index is 2.13.